The minimum Gasteiger partial charge on any atom is -0.493 e. The van der Waals surface area contributed by atoms with Gasteiger partial charge in [-0.1, -0.05) is 17.7 Å². The van der Waals surface area contributed by atoms with Gasteiger partial charge in [0.1, 0.15) is 5.82 Å². The molecule has 0 unspecified atom stereocenters. The van der Waals surface area contributed by atoms with Gasteiger partial charge >= 0.3 is 0 Å². The van der Waals surface area contributed by atoms with E-state index in [4.69, 9.17) is 26.1 Å². The fourth-order valence-electron chi connectivity index (χ4n) is 4.46. The third-order valence-electron chi connectivity index (χ3n) is 6.43. The molecule has 0 saturated heterocycles. The molecule has 1 fully saturated rings. The number of ether oxygens (including phenoxy) is 2. The number of halogens is 1. The Labute approximate surface area is 199 Å². The number of hydrogen-bond acceptors (Lipinski definition) is 4. The summed E-state index contributed by atoms with van der Waals surface area (Å²) in [5.74, 6) is 2.83. The largest absolute Gasteiger partial charge is 0.493 e. The van der Waals surface area contributed by atoms with Gasteiger partial charge in [0.05, 0.1) is 24.9 Å². The molecule has 1 aliphatic carbocycles. The lowest BCUT2D eigenvalue weighted by Gasteiger charge is -2.24. The van der Waals surface area contributed by atoms with Gasteiger partial charge in [0, 0.05) is 43.4 Å². The normalized spacial score (nSPS) is 14.8. The van der Waals surface area contributed by atoms with Gasteiger partial charge in [-0.2, -0.15) is 0 Å². The number of fused-ring (bicyclic) bond motifs is 1. The molecule has 0 N–H and O–H groups in total. The average Bonchev–Trinajstić information content (AvgIpc) is 3.39. The molecule has 7 heteroatoms. The molecule has 2 heterocycles. The van der Waals surface area contributed by atoms with E-state index in [-0.39, 0.29) is 5.91 Å². The summed E-state index contributed by atoms with van der Waals surface area (Å²) in [6, 6.07) is 11.3. The molecule has 33 heavy (non-hydrogen) atoms. The highest BCUT2D eigenvalue weighted by Gasteiger charge is 2.28. The summed E-state index contributed by atoms with van der Waals surface area (Å²) in [6.45, 7) is 2.26. The van der Waals surface area contributed by atoms with E-state index in [2.05, 4.69) is 16.8 Å². The van der Waals surface area contributed by atoms with Crippen molar-refractivity contribution in [3.63, 3.8) is 0 Å². The maximum atomic E-state index is 13.5. The van der Waals surface area contributed by atoms with E-state index < -0.39 is 0 Å². The molecule has 2 aromatic carbocycles. The average molecular weight is 466 g/mol. The van der Waals surface area contributed by atoms with Gasteiger partial charge in [-0.15, -0.1) is 0 Å². The summed E-state index contributed by atoms with van der Waals surface area (Å²) in [7, 11) is 3.17. The van der Waals surface area contributed by atoms with Gasteiger partial charge in [-0.05, 0) is 61.1 Å². The molecule has 1 aliphatic heterocycles. The van der Waals surface area contributed by atoms with Crippen molar-refractivity contribution < 1.29 is 14.3 Å². The molecule has 3 aromatic rings. The van der Waals surface area contributed by atoms with E-state index in [0.717, 1.165) is 48.6 Å². The Morgan fingerprint density at radius 1 is 1.15 bits per heavy atom. The van der Waals surface area contributed by atoms with Crippen LogP contribution >= 0.6 is 11.6 Å². The number of amides is 1. The molecular weight excluding hydrogens is 438 g/mol. The van der Waals surface area contributed by atoms with Crippen molar-refractivity contribution >= 4 is 17.5 Å². The number of carbonyl (C=O) groups excluding carboxylic acids is 1. The number of carbonyl (C=O) groups is 1. The third kappa shape index (κ3) is 4.58. The van der Waals surface area contributed by atoms with Crippen molar-refractivity contribution in [2.24, 2.45) is 5.92 Å². The van der Waals surface area contributed by atoms with Crippen molar-refractivity contribution in [3.8, 4) is 22.8 Å². The van der Waals surface area contributed by atoms with Gasteiger partial charge in [0.25, 0.3) is 5.91 Å². The lowest BCUT2D eigenvalue weighted by Crippen LogP contribution is -2.32. The maximum absolute atomic E-state index is 13.5. The van der Waals surface area contributed by atoms with Crippen LogP contribution in [0.15, 0.2) is 42.6 Å². The summed E-state index contributed by atoms with van der Waals surface area (Å²) < 4.78 is 12.9. The fourth-order valence-corrected chi connectivity index (χ4v) is 4.67. The Bertz CT molecular complexity index is 1160. The smallest absolute Gasteiger partial charge is 0.254 e. The molecule has 172 valence electrons. The highest BCUT2D eigenvalue weighted by Crippen LogP contribution is 2.34. The topological polar surface area (TPSA) is 56.6 Å². The van der Waals surface area contributed by atoms with E-state index in [1.165, 1.54) is 12.8 Å². The number of imidazole rings is 1. The van der Waals surface area contributed by atoms with Crippen LogP contribution in [0.4, 0.5) is 0 Å². The van der Waals surface area contributed by atoms with Crippen LogP contribution < -0.4 is 9.47 Å². The first kappa shape index (κ1) is 21.8. The van der Waals surface area contributed by atoms with Gasteiger partial charge < -0.3 is 18.9 Å². The number of aryl methyl sites for hydroxylation is 2. The van der Waals surface area contributed by atoms with Crippen LogP contribution in [0.5, 0.6) is 11.5 Å². The lowest BCUT2D eigenvalue weighted by molar-refractivity contribution is 0.0734. The first-order valence-corrected chi connectivity index (χ1v) is 11.8. The highest BCUT2D eigenvalue weighted by molar-refractivity contribution is 6.33. The molecule has 1 amide bonds. The quantitative estimate of drug-likeness (QED) is 0.457. The van der Waals surface area contributed by atoms with Crippen molar-refractivity contribution in [1.82, 2.24) is 14.5 Å². The van der Waals surface area contributed by atoms with E-state index >= 15 is 0 Å². The number of rotatable bonds is 8. The zero-order chi connectivity index (χ0) is 22.9. The maximum Gasteiger partial charge on any atom is 0.254 e. The molecule has 0 atom stereocenters. The van der Waals surface area contributed by atoms with E-state index in [1.807, 2.05) is 17.0 Å². The van der Waals surface area contributed by atoms with Crippen LogP contribution in [0.3, 0.4) is 0 Å². The van der Waals surface area contributed by atoms with Crippen molar-refractivity contribution in [3.05, 3.63) is 64.6 Å². The monoisotopic (exact) mass is 465 g/mol. The zero-order valence-corrected chi connectivity index (χ0v) is 19.8. The minimum absolute atomic E-state index is 0.0136. The van der Waals surface area contributed by atoms with Crippen molar-refractivity contribution in [1.29, 1.82) is 0 Å². The van der Waals surface area contributed by atoms with Gasteiger partial charge in [0.2, 0.25) is 0 Å². The standard InChI is InChI=1S/C26H28ClN3O3/c1-32-23-10-8-19(13-24(23)33-2)26(31)30(14-17-5-6-17)15-18-7-9-21(27)20(12-18)22-16-29-11-3-4-25(29)28-22/h7-10,12-13,16-17H,3-6,11,14-15H2,1-2H3. The first-order chi connectivity index (χ1) is 16.1. The number of aromatic nitrogens is 2. The van der Waals surface area contributed by atoms with Crippen LogP contribution in [0.1, 0.15) is 41.0 Å². The molecule has 0 bridgehead atoms. The Morgan fingerprint density at radius 2 is 1.97 bits per heavy atom. The number of nitrogens with zero attached hydrogens (tertiary/aromatic N) is 3. The number of benzene rings is 2. The SMILES string of the molecule is COc1ccc(C(=O)N(Cc2ccc(Cl)c(-c3cn4c(n3)CCC4)c2)CC2CC2)cc1OC. The van der Waals surface area contributed by atoms with Crippen molar-refractivity contribution in [2.45, 2.75) is 38.8 Å². The van der Waals surface area contributed by atoms with E-state index in [1.54, 1.807) is 32.4 Å². The van der Waals surface area contributed by atoms with Crippen LogP contribution in [0.2, 0.25) is 5.02 Å². The molecule has 6 nitrogen and oxygen atoms in total. The van der Waals surface area contributed by atoms with Crippen LogP contribution in [0, 0.1) is 5.92 Å². The summed E-state index contributed by atoms with van der Waals surface area (Å²) >= 11 is 6.55. The zero-order valence-electron chi connectivity index (χ0n) is 19.0. The minimum atomic E-state index is -0.0136. The first-order valence-electron chi connectivity index (χ1n) is 11.4. The molecule has 2 aliphatic rings. The second kappa shape index (κ2) is 9.10. The molecule has 1 saturated carbocycles. The summed E-state index contributed by atoms with van der Waals surface area (Å²) in [5.41, 5.74) is 3.45. The second-order valence-electron chi connectivity index (χ2n) is 8.85. The third-order valence-corrected chi connectivity index (χ3v) is 6.76. The summed E-state index contributed by atoms with van der Waals surface area (Å²) in [4.78, 5) is 20.2. The van der Waals surface area contributed by atoms with Crippen LogP contribution in [-0.2, 0) is 19.5 Å². The van der Waals surface area contributed by atoms with E-state index in [0.29, 0.717) is 34.5 Å². The summed E-state index contributed by atoms with van der Waals surface area (Å²) in [5, 5.41) is 0.676. The van der Waals surface area contributed by atoms with Gasteiger partial charge in [-0.3, -0.25) is 4.79 Å². The Hall–Kier alpha value is -2.99. The highest BCUT2D eigenvalue weighted by atomic mass is 35.5. The number of hydrogen-bond donors (Lipinski definition) is 0. The van der Waals surface area contributed by atoms with Crippen LogP contribution in [-0.4, -0.2) is 41.1 Å². The predicted octanol–water partition coefficient (Wildman–Crippen LogP) is 5.22. The number of methoxy groups -OCH3 is 2. The Kier molecular flexibility index (Phi) is 6.02. The van der Waals surface area contributed by atoms with E-state index in [9.17, 15) is 4.79 Å². The molecule has 5 rings (SSSR count). The van der Waals surface area contributed by atoms with Crippen molar-refractivity contribution in [2.75, 3.05) is 20.8 Å². The molecule has 1 aromatic heterocycles. The molecule has 0 spiro atoms. The second-order valence-corrected chi connectivity index (χ2v) is 9.26. The molecule has 0 radical (unpaired) electrons. The fraction of sp³-hybridized carbons (Fsp3) is 0.385. The Balaban J connectivity index is 1.41. The summed E-state index contributed by atoms with van der Waals surface area (Å²) in [6.07, 6.45) is 6.57. The lowest BCUT2D eigenvalue weighted by atomic mass is 10.1. The van der Waals surface area contributed by atoms with Crippen LogP contribution in [0.25, 0.3) is 11.3 Å². The molecular formula is C26H28ClN3O3. The van der Waals surface area contributed by atoms with Gasteiger partial charge in [0.15, 0.2) is 11.5 Å². The Morgan fingerprint density at radius 3 is 2.70 bits per heavy atom. The predicted molar refractivity (Wildman–Crippen MR) is 128 cm³/mol. The van der Waals surface area contributed by atoms with Gasteiger partial charge in [-0.25, -0.2) is 4.98 Å².